The molecule has 0 heterocycles. The Hall–Kier alpha value is -2.11. The van der Waals surface area contributed by atoms with Crippen molar-refractivity contribution in [2.45, 2.75) is 27.2 Å². The van der Waals surface area contributed by atoms with Gasteiger partial charge in [0.05, 0.1) is 0 Å². The zero-order valence-corrected chi connectivity index (χ0v) is 12.6. The Morgan fingerprint density at radius 2 is 2.14 bits per heavy atom. The summed E-state index contributed by atoms with van der Waals surface area (Å²) in [5, 5.41) is 11.5. The molecule has 116 valence electrons. The second-order valence-electron chi connectivity index (χ2n) is 5.45. The summed E-state index contributed by atoms with van der Waals surface area (Å²) >= 11 is 0. The van der Waals surface area contributed by atoms with Gasteiger partial charge < -0.3 is 15.8 Å². The third kappa shape index (κ3) is 5.06. The van der Waals surface area contributed by atoms with Crippen molar-refractivity contribution in [3.8, 4) is 0 Å². The van der Waals surface area contributed by atoms with Gasteiger partial charge in [-0.2, -0.15) is 0 Å². The van der Waals surface area contributed by atoms with Crippen LogP contribution in [0.4, 0.5) is 4.39 Å². The van der Waals surface area contributed by atoms with Crippen LogP contribution < -0.4 is 5.73 Å². The van der Waals surface area contributed by atoms with Crippen LogP contribution in [0.2, 0.25) is 0 Å². The van der Waals surface area contributed by atoms with Crippen LogP contribution in [0.1, 0.15) is 36.2 Å². The summed E-state index contributed by atoms with van der Waals surface area (Å²) in [5.74, 6) is -0.161. The average Bonchev–Trinajstić information content (AvgIpc) is 2.44. The Morgan fingerprint density at radius 3 is 2.67 bits per heavy atom. The van der Waals surface area contributed by atoms with E-state index in [0.717, 1.165) is 0 Å². The highest BCUT2D eigenvalue weighted by molar-refractivity contribution is 5.94. The van der Waals surface area contributed by atoms with Crippen molar-refractivity contribution >= 4 is 11.7 Å². The monoisotopic (exact) mass is 295 g/mol. The lowest BCUT2D eigenvalue weighted by Crippen LogP contribution is -2.36. The molecule has 0 radical (unpaired) electrons. The van der Waals surface area contributed by atoms with Gasteiger partial charge in [-0.15, -0.1) is 0 Å². The number of halogens is 1. The molecule has 0 aromatic heterocycles. The van der Waals surface area contributed by atoms with Crippen molar-refractivity contribution in [3.63, 3.8) is 0 Å². The maximum absolute atomic E-state index is 13.3. The zero-order chi connectivity index (χ0) is 16.0. The number of hydrogen-bond acceptors (Lipinski definition) is 3. The van der Waals surface area contributed by atoms with Gasteiger partial charge >= 0.3 is 0 Å². The summed E-state index contributed by atoms with van der Waals surface area (Å²) in [5.41, 5.74) is 6.32. The number of carbonyl (C=O) groups excluding carboxylic acids is 1. The molecular weight excluding hydrogens is 273 g/mol. The van der Waals surface area contributed by atoms with Gasteiger partial charge in [0.25, 0.3) is 5.91 Å². The predicted molar refractivity (Wildman–Crippen MR) is 79.9 cm³/mol. The maximum atomic E-state index is 13.3. The molecule has 0 aliphatic rings. The van der Waals surface area contributed by atoms with E-state index in [2.05, 4.69) is 5.16 Å². The number of nitrogens with two attached hydrogens (primary N) is 1. The van der Waals surface area contributed by atoms with Crippen LogP contribution in [0, 0.1) is 18.7 Å². The standard InChI is InChI=1S/C15H22FN3O2/c1-10(2)9-19(7-6-14(17)18-21)15(20)12-4-5-13(16)11(3)8-12/h4-5,8,10,21H,6-7,9H2,1-3H3,(H2,17,18). The SMILES string of the molecule is Cc1cc(C(=O)N(CCC(N)=NO)CC(C)C)ccc1F. The number of aryl methyl sites for hydroxylation is 1. The van der Waals surface area contributed by atoms with E-state index in [9.17, 15) is 9.18 Å². The van der Waals surface area contributed by atoms with Crippen LogP contribution in [0.5, 0.6) is 0 Å². The Bertz CT molecular complexity index is 530. The van der Waals surface area contributed by atoms with E-state index in [4.69, 9.17) is 10.9 Å². The van der Waals surface area contributed by atoms with Crippen molar-refractivity contribution in [3.05, 3.63) is 35.1 Å². The van der Waals surface area contributed by atoms with E-state index in [-0.39, 0.29) is 29.9 Å². The molecule has 0 aliphatic carbocycles. The Labute approximate surface area is 124 Å². The molecule has 0 saturated heterocycles. The maximum Gasteiger partial charge on any atom is 0.253 e. The van der Waals surface area contributed by atoms with E-state index in [1.54, 1.807) is 11.8 Å². The largest absolute Gasteiger partial charge is 0.409 e. The molecule has 0 aliphatic heterocycles. The molecule has 0 saturated carbocycles. The van der Waals surface area contributed by atoms with Crippen molar-refractivity contribution in [1.82, 2.24) is 4.90 Å². The van der Waals surface area contributed by atoms with Gasteiger partial charge in [0.1, 0.15) is 11.7 Å². The minimum atomic E-state index is -0.335. The lowest BCUT2D eigenvalue weighted by molar-refractivity contribution is 0.0740. The number of carbonyl (C=O) groups is 1. The highest BCUT2D eigenvalue weighted by Crippen LogP contribution is 2.13. The molecule has 1 amide bonds. The normalized spacial score (nSPS) is 11.8. The van der Waals surface area contributed by atoms with Gasteiger partial charge in [-0.1, -0.05) is 19.0 Å². The van der Waals surface area contributed by atoms with Crippen LogP contribution in [-0.4, -0.2) is 34.9 Å². The predicted octanol–water partition coefficient (Wildman–Crippen LogP) is 2.37. The zero-order valence-electron chi connectivity index (χ0n) is 12.6. The van der Waals surface area contributed by atoms with Crippen LogP contribution >= 0.6 is 0 Å². The number of benzene rings is 1. The summed E-state index contributed by atoms with van der Waals surface area (Å²) in [7, 11) is 0. The van der Waals surface area contributed by atoms with Crippen molar-refractivity contribution in [1.29, 1.82) is 0 Å². The van der Waals surface area contributed by atoms with Crippen molar-refractivity contribution in [2.75, 3.05) is 13.1 Å². The number of amides is 1. The summed E-state index contributed by atoms with van der Waals surface area (Å²) in [4.78, 5) is 14.1. The van der Waals surface area contributed by atoms with E-state index < -0.39 is 0 Å². The number of nitrogens with zero attached hydrogens (tertiary/aromatic N) is 2. The lowest BCUT2D eigenvalue weighted by atomic mass is 10.1. The molecule has 6 heteroatoms. The van der Waals surface area contributed by atoms with Gasteiger partial charge in [-0.25, -0.2) is 4.39 Å². The molecule has 0 fully saturated rings. The Morgan fingerprint density at radius 1 is 1.48 bits per heavy atom. The second-order valence-corrected chi connectivity index (χ2v) is 5.45. The van der Waals surface area contributed by atoms with Gasteiger partial charge in [0, 0.05) is 25.1 Å². The molecule has 1 aromatic rings. The average molecular weight is 295 g/mol. The van der Waals surface area contributed by atoms with E-state index in [0.29, 0.717) is 24.2 Å². The molecule has 0 bridgehead atoms. The lowest BCUT2D eigenvalue weighted by Gasteiger charge is -2.24. The van der Waals surface area contributed by atoms with Crippen molar-refractivity contribution < 1.29 is 14.4 Å². The molecular formula is C15H22FN3O2. The molecule has 21 heavy (non-hydrogen) atoms. The minimum absolute atomic E-state index is 0.0758. The highest BCUT2D eigenvalue weighted by atomic mass is 19.1. The van der Waals surface area contributed by atoms with E-state index >= 15 is 0 Å². The fourth-order valence-electron chi connectivity index (χ4n) is 1.98. The number of hydrogen-bond donors (Lipinski definition) is 2. The first-order valence-electron chi connectivity index (χ1n) is 6.87. The summed E-state index contributed by atoms with van der Waals surface area (Å²) in [6.45, 7) is 6.52. The fraction of sp³-hybridized carbons (Fsp3) is 0.467. The summed E-state index contributed by atoms with van der Waals surface area (Å²) in [6.07, 6.45) is 0.287. The molecule has 0 unspecified atom stereocenters. The van der Waals surface area contributed by atoms with Gasteiger partial charge in [0.15, 0.2) is 0 Å². The molecule has 3 N–H and O–H groups in total. The van der Waals surface area contributed by atoms with Crippen molar-refractivity contribution in [2.24, 2.45) is 16.8 Å². The third-order valence-electron chi connectivity index (χ3n) is 3.04. The van der Waals surface area contributed by atoms with Crippen LogP contribution in [0.15, 0.2) is 23.4 Å². The third-order valence-corrected chi connectivity index (χ3v) is 3.04. The first kappa shape index (κ1) is 16.9. The molecule has 1 rings (SSSR count). The van der Waals surface area contributed by atoms with E-state index in [1.165, 1.54) is 18.2 Å². The van der Waals surface area contributed by atoms with Gasteiger partial charge in [-0.3, -0.25) is 4.79 Å². The second kappa shape index (κ2) is 7.61. The number of rotatable bonds is 6. The quantitative estimate of drug-likeness (QED) is 0.366. The minimum Gasteiger partial charge on any atom is -0.409 e. The Kier molecular flexibility index (Phi) is 6.14. The summed E-state index contributed by atoms with van der Waals surface area (Å²) < 4.78 is 13.3. The molecule has 0 spiro atoms. The van der Waals surface area contributed by atoms with Gasteiger partial charge in [-0.05, 0) is 36.6 Å². The highest BCUT2D eigenvalue weighted by Gasteiger charge is 2.18. The van der Waals surface area contributed by atoms with Crippen LogP contribution in [0.25, 0.3) is 0 Å². The number of amidine groups is 1. The molecule has 5 nitrogen and oxygen atoms in total. The van der Waals surface area contributed by atoms with E-state index in [1.807, 2.05) is 13.8 Å². The first-order valence-corrected chi connectivity index (χ1v) is 6.87. The Balaban J connectivity index is 2.90. The summed E-state index contributed by atoms with van der Waals surface area (Å²) in [6, 6.07) is 4.30. The molecule has 1 aromatic carbocycles. The fourth-order valence-corrected chi connectivity index (χ4v) is 1.98. The first-order chi connectivity index (χ1) is 9.85. The topological polar surface area (TPSA) is 78.9 Å². The van der Waals surface area contributed by atoms with Crippen LogP contribution in [0.3, 0.4) is 0 Å². The smallest absolute Gasteiger partial charge is 0.253 e. The molecule has 0 atom stereocenters. The van der Waals surface area contributed by atoms with Gasteiger partial charge in [0.2, 0.25) is 0 Å². The number of oxime groups is 1. The van der Waals surface area contributed by atoms with Crippen LogP contribution in [-0.2, 0) is 0 Å².